The van der Waals surface area contributed by atoms with Gasteiger partial charge in [0.1, 0.15) is 5.60 Å². The lowest BCUT2D eigenvalue weighted by molar-refractivity contribution is -0.163. The summed E-state index contributed by atoms with van der Waals surface area (Å²) in [4.78, 5) is 11.5. The van der Waals surface area contributed by atoms with Crippen molar-refractivity contribution in [3.8, 4) is 0 Å². The summed E-state index contributed by atoms with van der Waals surface area (Å²) in [6.07, 6.45) is 5.24. The summed E-state index contributed by atoms with van der Waals surface area (Å²) in [6.45, 7) is -0.0470. The lowest BCUT2D eigenvalue weighted by Crippen LogP contribution is -2.36. The van der Waals surface area contributed by atoms with Crippen LogP contribution in [0.15, 0.2) is 30.3 Å². The van der Waals surface area contributed by atoms with Gasteiger partial charge in [-0.2, -0.15) is 0 Å². The van der Waals surface area contributed by atoms with Gasteiger partial charge in [0, 0.05) is 0 Å². The van der Waals surface area contributed by atoms with Crippen LogP contribution in [0.2, 0.25) is 0 Å². The smallest absolute Gasteiger partial charge is 0.320 e. The van der Waals surface area contributed by atoms with Gasteiger partial charge in [0.15, 0.2) is 0 Å². The summed E-state index contributed by atoms with van der Waals surface area (Å²) in [6, 6.07) is 10.0. The number of rotatable bonds is 3. The number of benzene rings is 1. The molecule has 0 aliphatic heterocycles. The second-order valence-corrected chi connectivity index (χ2v) is 4.60. The standard InChI is InChI=1S/C14H19NO2/c15-11-13(16)17-14(9-5-2-6-10-14)12-7-3-1-4-8-12/h1,3-4,7-8H,2,5-6,9-11,15H2. The highest BCUT2D eigenvalue weighted by Crippen LogP contribution is 2.40. The van der Waals surface area contributed by atoms with Crippen LogP contribution >= 0.6 is 0 Å². The van der Waals surface area contributed by atoms with Gasteiger partial charge in [-0.3, -0.25) is 4.79 Å². The van der Waals surface area contributed by atoms with Crippen molar-refractivity contribution in [2.24, 2.45) is 5.73 Å². The normalized spacial score (nSPS) is 18.6. The minimum atomic E-state index is -0.435. The molecule has 0 radical (unpaired) electrons. The van der Waals surface area contributed by atoms with Crippen molar-refractivity contribution in [3.05, 3.63) is 35.9 Å². The fraction of sp³-hybridized carbons (Fsp3) is 0.500. The number of hydrogen-bond acceptors (Lipinski definition) is 3. The van der Waals surface area contributed by atoms with Gasteiger partial charge in [-0.1, -0.05) is 36.8 Å². The molecule has 0 saturated heterocycles. The van der Waals surface area contributed by atoms with Crippen LogP contribution in [0.25, 0.3) is 0 Å². The molecule has 0 amide bonds. The third kappa shape index (κ3) is 2.67. The van der Waals surface area contributed by atoms with Gasteiger partial charge in [-0.15, -0.1) is 0 Å². The summed E-state index contributed by atoms with van der Waals surface area (Å²) < 4.78 is 5.65. The van der Waals surface area contributed by atoms with E-state index in [1.807, 2.05) is 30.3 Å². The fourth-order valence-corrected chi connectivity index (χ4v) is 2.57. The first-order chi connectivity index (χ1) is 8.27. The summed E-state index contributed by atoms with van der Waals surface area (Å²) in [5, 5.41) is 0. The summed E-state index contributed by atoms with van der Waals surface area (Å²) >= 11 is 0. The molecular formula is C14H19NO2. The molecule has 2 rings (SSSR count). The highest BCUT2D eigenvalue weighted by Gasteiger charge is 2.37. The van der Waals surface area contributed by atoms with Crippen molar-refractivity contribution in [1.82, 2.24) is 0 Å². The Morgan fingerprint density at radius 1 is 1.18 bits per heavy atom. The molecule has 3 heteroatoms. The quantitative estimate of drug-likeness (QED) is 0.815. The lowest BCUT2D eigenvalue weighted by Gasteiger charge is -2.37. The SMILES string of the molecule is NCC(=O)OC1(c2ccccc2)CCCCC1. The molecule has 0 heterocycles. The lowest BCUT2D eigenvalue weighted by atomic mass is 9.79. The van der Waals surface area contributed by atoms with Crippen molar-refractivity contribution in [3.63, 3.8) is 0 Å². The first kappa shape index (κ1) is 12.1. The molecule has 1 saturated carbocycles. The summed E-state index contributed by atoms with van der Waals surface area (Å²) in [7, 11) is 0. The van der Waals surface area contributed by atoms with Crippen molar-refractivity contribution < 1.29 is 9.53 Å². The Balaban J connectivity index is 2.26. The molecule has 0 unspecified atom stereocenters. The van der Waals surface area contributed by atoms with Crippen molar-refractivity contribution >= 4 is 5.97 Å². The second kappa shape index (κ2) is 5.32. The zero-order valence-corrected chi connectivity index (χ0v) is 10.0. The van der Waals surface area contributed by atoms with Crippen LogP contribution in [0.1, 0.15) is 37.7 Å². The molecule has 0 spiro atoms. The molecule has 17 heavy (non-hydrogen) atoms. The van der Waals surface area contributed by atoms with E-state index < -0.39 is 5.60 Å². The average Bonchev–Trinajstić information content (AvgIpc) is 2.40. The monoisotopic (exact) mass is 233 g/mol. The Morgan fingerprint density at radius 2 is 1.82 bits per heavy atom. The Morgan fingerprint density at radius 3 is 2.41 bits per heavy atom. The zero-order chi connectivity index (χ0) is 12.1. The van der Waals surface area contributed by atoms with Crippen LogP contribution in [0.3, 0.4) is 0 Å². The minimum absolute atomic E-state index is 0.0470. The summed E-state index contributed by atoms with van der Waals surface area (Å²) in [5.74, 6) is -0.309. The molecule has 0 atom stereocenters. The maximum atomic E-state index is 11.5. The molecule has 1 aromatic rings. The van der Waals surface area contributed by atoms with E-state index in [1.165, 1.54) is 6.42 Å². The molecule has 92 valence electrons. The second-order valence-electron chi connectivity index (χ2n) is 4.60. The maximum absolute atomic E-state index is 11.5. The number of hydrogen-bond donors (Lipinski definition) is 1. The van der Waals surface area contributed by atoms with Crippen LogP contribution in [0.4, 0.5) is 0 Å². The van der Waals surface area contributed by atoms with E-state index in [0.29, 0.717) is 0 Å². The molecule has 2 N–H and O–H groups in total. The number of esters is 1. The molecule has 0 bridgehead atoms. The fourth-order valence-electron chi connectivity index (χ4n) is 2.57. The van der Waals surface area contributed by atoms with Crippen molar-refractivity contribution in [2.75, 3.05) is 6.54 Å². The van der Waals surface area contributed by atoms with Crippen LogP contribution in [-0.4, -0.2) is 12.5 Å². The Hall–Kier alpha value is -1.35. The minimum Gasteiger partial charge on any atom is -0.453 e. The predicted molar refractivity (Wildman–Crippen MR) is 66.4 cm³/mol. The molecule has 1 aromatic carbocycles. The molecule has 1 aliphatic carbocycles. The van der Waals surface area contributed by atoms with E-state index in [0.717, 1.165) is 31.2 Å². The number of ether oxygens (including phenoxy) is 1. The topological polar surface area (TPSA) is 52.3 Å². The van der Waals surface area contributed by atoms with Crippen LogP contribution in [0.5, 0.6) is 0 Å². The van der Waals surface area contributed by atoms with Crippen LogP contribution in [-0.2, 0) is 15.1 Å². The van der Waals surface area contributed by atoms with E-state index in [9.17, 15) is 4.79 Å². The van der Waals surface area contributed by atoms with Gasteiger partial charge in [0.25, 0.3) is 0 Å². The molecule has 1 fully saturated rings. The highest BCUT2D eigenvalue weighted by atomic mass is 16.6. The Labute approximate surface area is 102 Å². The van der Waals surface area contributed by atoms with E-state index in [4.69, 9.17) is 10.5 Å². The van der Waals surface area contributed by atoms with E-state index >= 15 is 0 Å². The molecular weight excluding hydrogens is 214 g/mol. The molecule has 1 aliphatic rings. The third-order valence-corrected chi connectivity index (χ3v) is 3.44. The average molecular weight is 233 g/mol. The number of carbonyl (C=O) groups is 1. The predicted octanol–water partition coefficient (Wildman–Crippen LogP) is 2.35. The van der Waals surface area contributed by atoms with Crippen LogP contribution < -0.4 is 5.73 Å². The van der Waals surface area contributed by atoms with Crippen molar-refractivity contribution in [1.29, 1.82) is 0 Å². The van der Waals surface area contributed by atoms with Gasteiger partial charge >= 0.3 is 5.97 Å². The highest BCUT2D eigenvalue weighted by molar-refractivity contribution is 5.72. The van der Waals surface area contributed by atoms with E-state index in [-0.39, 0.29) is 12.5 Å². The Bertz CT molecular complexity index is 369. The molecule has 3 nitrogen and oxygen atoms in total. The van der Waals surface area contributed by atoms with Gasteiger partial charge in [-0.05, 0) is 31.2 Å². The van der Waals surface area contributed by atoms with Crippen LogP contribution in [0, 0.1) is 0 Å². The van der Waals surface area contributed by atoms with Gasteiger partial charge < -0.3 is 10.5 Å². The largest absolute Gasteiger partial charge is 0.453 e. The van der Waals surface area contributed by atoms with Gasteiger partial charge in [-0.25, -0.2) is 0 Å². The maximum Gasteiger partial charge on any atom is 0.320 e. The Kier molecular flexibility index (Phi) is 3.79. The number of nitrogens with two attached hydrogens (primary N) is 1. The molecule has 0 aromatic heterocycles. The first-order valence-electron chi connectivity index (χ1n) is 6.24. The van der Waals surface area contributed by atoms with Gasteiger partial charge in [0.2, 0.25) is 0 Å². The summed E-state index contributed by atoms with van der Waals surface area (Å²) in [5.41, 5.74) is 6.02. The first-order valence-corrected chi connectivity index (χ1v) is 6.24. The van der Waals surface area contributed by atoms with E-state index in [1.54, 1.807) is 0 Å². The van der Waals surface area contributed by atoms with Gasteiger partial charge in [0.05, 0.1) is 6.54 Å². The zero-order valence-electron chi connectivity index (χ0n) is 10.0. The van der Waals surface area contributed by atoms with Crippen molar-refractivity contribution in [2.45, 2.75) is 37.7 Å². The third-order valence-electron chi connectivity index (χ3n) is 3.44. The number of carbonyl (C=O) groups excluding carboxylic acids is 1. The van der Waals surface area contributed by atoms with E-state index in [2.05, 4.69) is 0 Å².